The Morgan fingerprint density at radius 2 is 1.85 bits per heavy atom. The van der Waals surface area contributed by atoms with E-state index < -0.39 is 0 Å². The third kappa shape index (κ3) is 3.00. The van der Waals surface area contributed by atoms with E-state index in [1.54, 1.807) is 24.3 Å². The number of aryl methyl sites for hydroxylation is 1. The molecule has 3 aromatic carbocycles. The second-order valence-electron chi connectivity index (χ2n) is 6.65. The van der Waals surface area contributed by atoms with Crippen molar-refractivity contribution in [3.63, 3.8) is 0 Å². The predicted octanol–water partition coefficient (Wildman–Crippen LogP) is 4.48. The number of phenols is 1. The Morgan fingerprint density at radius 1 is 1.11 bits per heavy atom. The fourth-order valence-electron chi connectivity index (χ4n) is 3.32. The van der Waals surface area contributed by atoms with Crippen LogP contribution in [0.3, 0.4) is 0 Å². The molecule has 0 spiro atoms. The van der Waals surface area contributed by atoms with Gasteiger partial charge in [-0.2, -0.15) is 0 Å². The summed E-state index contributed by atoms with van der Waals surface area (Å²) in [5, 5.41) is 28.5. The van der Waals surface area contributed by atoms with Gasteiger partial charge in [0.2, 0.25) is 11.0 Å². The number of aromatic nitrogens is 3. The van der Waals surface area contributed by atoms with Crippen LogP contribution in [0.2, 0.25) is 5.02 Å². The predicted molar refractivity (Wildman–Crippen MR) is 105 cm³/mol. The number of phenolic OH excluding ortho intramolecular Hbond substituents is 1. The fourth-order valence-corrected chi connectivity index (χ4v) is 3.49. The number of rotatable bonds is 3. The molecule has 0 radical (unpaired) electrons. The van der Waals surface area contributed by atoms with Crippen molar-refractivity contribution in [3.8, 4) is 11.4 Å². The number of halogens is 1. The lowest BCUT2D eigenvalue weighted by Crippen LogP contribution is -2.37. The molecule has 0 aliphatic rings. The molecule has 1 N–H and O–H groups in total. The molecular formula is C21H18ClN3O2. The van der Waals surface area contributed by atoms with Crippen LogP contribution in [0.5, 0.6) is 5.75 Å². The van der Waals surface area contributed by atoms with Gasteiger partial charge in [0.05, 0.1) is 5.10 Å². The zero-order valence-corrected chi connectivity index (χ0v) is 15.7. The molecule has 0 fully saturated rings. The van der Waals surface area contributed by atoms with E-state index in [0.717, 1.165) is 16.7 Å². The number of aromatic hydroxyl groups is 1. The Hall–Kier alpha value is -3.05. The molecule has 0 amide bonds. The fraction of sp³-hybridized carbons (Fsp3) is 0.143. The monoisotopic (exact) mass is 379 g/mol. The minimum atomic E-state index is -0.0376. The Labute approximate surface area is 161 Å². The molecule has 0 saturated heterocycles. The third-order valence-electron chi connectivity index (χ3n) is 4.76. The highest BCUT2D eigenvalue weighted by Gasteiger charge is 2.23. The van der Waals surface area contributed by atoms with Gasteiger partial charge >= 0.3 is 0 Å². The normalized spacial score (nSPS) is 12.4. The Bertz CT molecular complexity index is 1140. The van der Waals surface area contributed by atoms with E-state index >= 15 is 0 Å². The van der Waals surface area contributed by atoms with Gasteiger partial charge in [0.25, 0.3) is 0 Å². The number of hydrogen-bond donors (Lipinski definition) is 1. The highest BCUT2D eigenvalue weighted by atomic mass is 35.5. The minimum Gasteiger partial charge on any atom is -0.692 e. The summed E-state index contributed by atoms with van der Waals surface area (Å²) in [4.78, 5) is 1.82. The van der Waals surface area contributed by atoms with Gasteiger partial charge < -0.3 is 10.3 Å². The van der Waals surface area contributed by atoms with Gasteiger partial charge in [0, 0.05) is 22.6 Å². The maximum atomic E-state index is 12.7. The first-order chi connectivity index (χ1) is 13.0. The van der Waals surface area contributed by atoms with E-state index in [-0.39, 0.29) is 11.7 Å². The zero-order valence-electron chi connectivity index (χ0n) is 14.9. The molecular weight excluding hydrogens is 362 g/mol. The van der Waals surface area contributed by atoms with Crippen LogP contribution in [0.4, 0.5) is 0 Å². The summed E-state index contributed by atoms with van der Waals surface area (Å²) < 4.78 is 0. The average molecular weight is 380 g/mol. The van der Waals surface area contributed by atoms with E-state index in [9.17, 15) is 10.3 Å². The summed E-state index contributed by atoms with van der Waals surface area (Å²) in [6, 6.07) is 18.5. The van der Waals surface area contributed by atoms with Crippen molar-refractivity contribution in [2.75, 3.05) is 0 Å². The summed E-state index contributed by atoms with van der Waals surface area (Å²) in [7, 11) is 0. The van der Waals surface area contributed by atoms with Gasteiger partial charge in [0.15, 0.2) is 11.4 Å². The molecule has 4 aromatic rings. The van der Waals surface area contributed by atoms with Gasteiger partial charge in [-0.3, -0.25) is 0 Å². The highest BCUT2D eigenvalue weighted by Crippen LogP contribution is 2.36. The molecule has 5 nitrogen and oxygen atoms in total. The van der Waals surface area contributed by atoms with Crippen LogP contribution in [0.1, 0.15) is 29.5 Å². The Morgan fingerprint density at radius 3 is 2.59 bits per heavy atom. The summed E-state index contributed by atoms with van der Waals surface area (Å²) in [6.45, 7) is 3.96. The zero-order chi connectivity index (χ0) is 19.1. The lowest BCUT2D eigenvalue weighted by atomic mass is 9.91. The van der Waals surface area contributed by atoms with E-state index in [0.29, 0.717) is 26.6 Å². The van der Waals surface area contributed by atoms with Crippen molar-refractivity contribution in [1.29, 1.82) is 0 Å². The summed E-state index contributed by atoms with van der Waals surface area (Å²) >= 11 is 6.00. The Kier molecular flexibility index (Phi) is 4.24. The second-order valence-corrected chi connectivity index (χ2v) is 7.09. The molecule has 0 saturated carbocycles. The van der Waals surface area contributed by atoms with Crippen LogP contribution in [-0.2, 0) is 0 Å². The quantitative estimate of drug-likeness (QED) is 0.421. The number of fused-ring (bicyclic) bond motifs is 1. The molecule has 1 heterocycles. The van der Waals surface area contributed by atoms with Crippen LogP contribution in [0.25, 0.3) is 16.7 Å². The van der Waals surface area contributed by atoms with Crippen LogP contribution in [0, 0.1) is 12.1 Å². The molecule has 1 unspecified atom stereocenters. The van der Waals surface area contributed by atoms with Crippen molar-refractivity contribution in [2.24, 2.45) is 0 Å². The number of nitrogens with zero attached hydrogens (tertiary/aromatic N) is 3. The summed E-state index contributed by atoms with van der Waals surface area (Å²) in [5.74, 6) is 0.00447. The molecule has 1 aromatic heterocycles. The molecule has 136 valence electrons. The van der Waals surface area contributed by atoms with Crippen LogP contribution in [-0.4, -0.2) is 15.0 Å². The van der Waals surface area contributed by atoms with E-state index in [4.69, 9.17) is 11.6 Å². The number of hydrogen-bond acceptors (Lipinski definition) is 3. The first kappa shape index (κ1) is 17.4. The largest absolute Gasteiger partial charge is 0.692 e. The standard InChI is InChI=1S/C21H18ClN3O2/c1-13-10-17(14(2)15-6-4-3-5-7-15)21(26)20(11-13)24-23-18-9-8-16(22)12-19(18)25(24)27/h3-12,14,26H,1-2H3. The van der Waals surface area contributed by atoms with E-state index in [1.165, 1.54) is 4.80 Å². The molecule has 0 bridgehead atoms. The van der Waals surface area contributed by atoms with Crippen LogP contribution < -0.4 is 4.85 Å². The third-order valence-corrected chi connectivity index (χ3v) is 5.00. The van der Waals surface area contributed by atoms with Crippen molar-refractivity contribution in [1.82, 2.24) is 9.90 Å². The molecule has 6 heteroatoms. The van der Waals surface area contributed by atoms with Crippen molar-refractivity contribution in [3.05, 3.63) is 87.6 Å². The van der Waals surface area contributed by atoms with Crippen LogP contribution >= 0.6 is 11.6 Å². The van der Waals surface area contributed by atoms with E-state index in [1.807, 2.05) is 50.2 Å². The maximum Gasteiger partial charge on any atom is 0.250 e. The SMILES string of the molecule is Cc1cc(C(C)c2ccccc2)c(O)c(-n2nc3ccc(Cl)cc3[n+]2[O-])c1. The van der Waals surface area contributed by atoms with E-state index in [2.05, 4.69) is 5.10 Å². The summed E-state index contributed by atoms with van der Waals surface area (Å²) in [6.07, 6.45) is 0. The minimum absolute atomic E-state index is 0.0376. The molecule has 1 atom stereocenters. The highest BCUT2D eigenvalue weighted by molar-refractivity contribution is 6.31. The smallest absolute Gasteiger partial charge is 0.250 e. The van der Waals surface area contributed by atoms with Gasteiger partial charge in [-0.25, -0.2) is 0 Å². The van der Waals surface area contributed by atoms with Crippen molar-refractivity contribution < 1.29 is 9.95 Å². The van der Waals surface area contributed by atoms with Gasteiger partial charge in [-0.15, -0.1) is 4.85 Å². The lowest BCUT2D eigenvalue weighted by molar-refractivity contribution is -0.664. The molecule has 4 rings (SSSR count). The molecule has 0 aliphatic heterocycles. The first-order valence-electron chi connectivity index (χ1n) is 8.62. The van der Waals surface area contributed by atoms with Gasteiger partial charge in [0.1, 0.15) is 0 Å². The first-order valence-corrected chi connectivity index (χ1v) is 9.00. The molecule has 0 aliphatic carbocycles. The van der Waals surface area contributed by atoms with Gasteiger partial charge in [-0.05, 0) is 41.0 Å². The maximum absolute atomic E-state index is 12.7. The van der Waals surface area contributed by atoms with Gasteiger partial charge in [-0.1, -0.05) is 54.9 Å². The summed E-state index contributed by atoms with van der Waals surface area (Å²) in [5.41, 5.74) is 3.95. The molecule has 27 heavy (non-hydrogen) atoms. The second kappa shape index (κ2) is 6.59. The lowest BCUT2D eigenvalue weighted by Gasteiger charge is -2.17. The number of benzene rings is 3. The van der Waals surface area contributed by atoms with Crippen molar-refractivity contribution in [2.45, 2.75) is 19.8 Å². The Balaban J connectivity index is 1.90. The van der Waals surface area contributed by atoms with Crippen molar-refractivity contribution >= 4 is 22.6 Å². The topological polar surface area (TPSA) is 65.0 Å². The van der Waals surface area contributed by atoms with Crippen LogP contribution in [0.15, 0.2) is 60.7 Å². The average Bonchev–Trinajstić information content (AvgIpc) is 2.99.